The highest BCUT2D eigenvalue weighted by atomic mass is 16.6. The van der Waals surface area contributed by atoms with Gasteiger partial charge in [-0.1, -0.05) is 60.7 Å². The molecule has 0 aliphatic rings. The van der Waals surface area contributed by atoms with E-state index in [1.807, 2.05) is 60.7 Å². The molecule has 2 rings (SSSR count). The molecule has 0 bridgehead atoms. The lowest BCUT2D eigenvalue weighted by Gasteiger charge is -2.17. The van der Waals surface area contributed by atoms with Crippen LogP contribution in [0.5, 0.6) is 0 Å². The predicted molar refractivity (Wildman–Crippen MR) is 101 cm³/mol. The zero-order chi connectivity index (χ0) is 19.3. The van der Waals surface area contributed by atoms with Crippen LogP contribution in [0.15, 0.2) is 60.7 Å². The van der Waals surface area contributed by atoms with Crippen molar-refractivity contribution in [3.8, 4) is 0 Å². The highest BCUT2D eigenvalue weighted by Gasteiger charge is 2.22. The summed E-state index contributed by atoms with van der Waals surface area (Å²) in [5.74, 6) is -0.520. The fourth-order valence-corrected chi connectivity index (χ4v) is 2.45. The fourth-order valence-electron chi connectivity index (χ4n) is 2.45. The Kier molecular flexibility index (Phi) is 8.86. The van der Waals surface area contributed by atoms with Crippen LogP contribution < -0.4 is 5.32 Å². The number of amides is 1. The second kappa shape index (κ2) is 11.7. The number of hydrogen-bond donors (Lipinski definition) is 2. The maximum atomic E-state index is 12.4. The molecule has 0 aromatic heterocycles. The molecule has 2 aromatic carbocycles. The third-order valence-corrected chi connectivity index (χ3v) is 3.91. The number of nitrogens with one attached hydrogen (secondary N) is 1. The molecule has 27 heavy (non-hydrogen) atoms. The first-order valence-electron chi connectivity index (χ1n) is 8.97. The predicted octanol–water partition coefficient (Wildman–Crippen LogP) is 3.19. The number of aliphatic hydroxyl groups excluding tert-OH is 1. The third-order valence-electron chi connectivity index (χ3n) is 3.91. The van der Waals surface area contributed by atoms with Crippen LogP contribution in [0.4, 0.5) is 4.79 Å². The summed E-state index contributed by atoms with van der Waals surface area (Å²) in [5, 5.41) is 11.5. The Hall–Kier alpha value is -2.86. The molecule has 6 heteroatoms. The van der Waals surface area contributed by atoms with Crippen molar-refractivity contribution in [2.45, 2.75) is 38.5 Å². The Balaban J connectivity index is 1.85. The molecule has 2 aromatic rings. The molecule has 0 fully saturated rings. The minimum absolute atomic E-state index is 0.0320. The largest absolute Gasteiger partial charge is 0.459 e. The summed E-state index contributed by atoms with van der Waals surface area (Å²) in [6.07, 6.45) is 0.822. The lowest BCUT2D eigenvalue weighted by Crippen LogP contribution is -2.42. The van der Waals surface area contributed by atoms with E-state index in [4.69, 9.17) is 14.6 Å². The molecule has 0 unspecified atom stereocenters. The Morgan fingerprint density at radius 3 is 1.96 bits per heavy atom. The summed E-state index contributed by atoms with van der Waals surface area (Å²) in [5.41, 5.74) is 1.72. The van der Waals surface area contributed by atoms with E-state index in [1.165, 1.54) is 0 Å². The quantitative estimate of drug-likeness (QED) is 0.495. The molecule has 6 nitrogen and oxygen atoms in total. The lowest BCUT2D eigenvalue weighted by atomic mass is 10.1. The number of aliphatic hydroxyl groups is 1. The number of esters is 1. The second-order valence-electron chi connectivity index (χ2n) is 6.07. The van der Waals surface area contributed by atoms with E-state index in [2.05, 4.69) is 5.32 Å². The van der Waals surface area contributed by atoms with Gasteiger partial charge in [0.05, 0.1) is 0 Å². The van der Waals surface area contributed by atoms with Crippen molar-refractivity contribution in [3.63, 3.8) is 0 Å². The fraction of sp³-hybridized carbons (Fsp3) is 0.333. The average molecular weight is 371 g/mol. The van der Waals surface area contributed by atoms with Crippen LogP contribution in [0.25, 0.3) is 0 Å². The monoisotopic (exact) mass is 371 g/mol. The van der Waals surface area contributed by atoms with E-state index in [1.54, 1.807) is 0 Å². The number of alkyl carbamates (subject to hydrolysis) is 1. The van der Waals surface area contributed by atoms with E-state index in [9.17, 15) is 9.59 Å². The van der Waals surface area contributed by atoms with E-state index >= 15 is 0 Å². The Labute approximate surface area is 159 Å². The molecule has 0 aliphatic heterocycles. The molecule has 1 amide bonds. The van der Waals surface area contributed by atoms with Gasteiger partial charge in [0.25, 0.3) is 0 Å². The van der Waals surface area contributed by atoms with Crippen molar-refractivity contribution in [2.24, 2.45) is 0 Å². The molecule has 144 valence electrons. The molecule has 0 aliphatic carbocycles. The topological polar surface area (TPSA) is 84.9 Å². The van der Waals surface area contributed by atoms with E-state index in [0.29, 0.717) is 19.3 Å². The van der Waals surface area contributed by atoms with Crippen LogP contribution in [0.3, 0.4) is 0 Å². The molecular formula is C21H25NO5. The van der Waals surface area contributed by atoms with Gasteiger partial charge in [-0.25, -0.2) is 9.59 Å². The maximum absolute atomic E-state index is 12.4. The first-order chi connectivity index (χ1) is 13.2. The Bertz CT molecular complexity index is 690. The van der Waals surface area contributed by atoms with E-state index < -0.39 is 18.1 Å². The van der Waals surface area contributed by atoms with Gasteiger partial charge in [-0.15, -0.1) is 0 Å². The molecule has 0 saturated carbocycles. The van der Waals surface area contributed by atoms with Crippen molar-refractivity contribution >= 4 is 12.1 Å². The standard InChI is InChI=1S/C21H25NO5/c23-14-8-7-13-19(20(24)26-15-17-9-3-1-4-10-17)22-21(25)27-16-18-11-5-2-6-12-18/h1-6,9-12,19,23H,7-8,13-16H2,(H,22,25)/t19-/m1/s1. The average Bonchev–Trinajstić information content (AvgIpc) is 2.71. The zero-order valence-electron chi connectivity index (χ0n) is 15.2. The second-order valence-corrected chi connectivity index (χ2v) is 6.07. The minimum Gasteiger partial charge on any atom is -0.459 e. The number of carbonyl (C=O) groups excluding carboxylic acids is 2. The Morgan fingerprint density at radius 2 is 1.41 bits per heavy atom. The van der Waals surface area contributed by atoms with Crippen LogP contribution >= 0.6 is 0 Å². The number of ether oxygens (including phenoxy) is 2. The molecule has 0 heterocycles. The SMILES string of the molecule is O=C(N[C@H](CCCCO)C(=O)OCc1ccccc1)OCc1ccccc1. The van der Waals surface area contributed by atoms with Gasteiger partial charge in [-0.3, -0.25) is 0 Å². The van der Waals surface area contributed by atoms with Crippen molar-refractivity contribution < 1.29 is 24.2 Å². The molecule has 0 saturated heterocycles. The van der Waals surface area contributed by atoms with Gasteiger partial charge in [0, 0.05) is 6.61 Å². The Morgan fingerprint density at radius 1 is 0.852 bits per heavy atom. The number of unbranched alkanes of at least 4 members (excludes halogenated alkanes) is 1. The van der Waals surface area contributed by atoms with Crippen molar-refractivity contribution in [3.05, 3.63) is 71.8 Å². The van der Waals surface area contributed by atoms with Crippen LogP contribution in [0.2, 0.25) is 0 Å². The van der Waals surface area contributed by atoms with Crippen molar-refractivity contribution in [2.75, 3.05) is 6.61 Å². The van der Waals surface area contributed by atoms with Gasteiger partial charge in [-0.05, 0) is 30.4 Å². The van der Waals surface area contributed by atoms with Crippen LogP contribution in [-0.4, -0.2) is 29.8 Å². The minimum atomic E-state index is -0.816. The molecule has 1 atom stereocenters. The van der Waals surface area contributed by atoms with Crippen LogP contribution in [0.1, 0.15) is 30.4 Å². The highest BCUT2D eigenvalue weighted by Crippen LogP contribution is 2.08. The number of benzene rings is 2. The number of rotatable bonds is 10. The summed E-state index contributed by atoms with van der Waals surface area (Å²) >= 11 is 0. The van der Waals surface area contributed by atoms with Crippen molar-refractivity contribution in [1.29, 1.82) is 0 Å². The van der Waals surface area contributed by atoms with Gasteiger partial charge in [0.15, 0.2) is 0 Å². The zero-order valence-corrected chi connectivity index (χ0v) is 15.2. The van der Waals surface area contributed by atoms with Crippen LogP contribution in [-0.2, 0) is 27.5 Å². The van der Waals surface area contributed by atoms with Gasteiger partial charge in [0.1, 0.15) is 19.3 Å². The number of carbonyl (C=O) groups is 2. The van der Waals surface area contributed by atoms with Gasteiger partial charge in [-0.2, -0.15) is 0 Å². The first-order valence-corrected chi connectivity index (χ1v) is 8.97. The summed E-state index contributed by atoms with van der Waals surface area (Å²) in [6.45, 7) is 0.288. The van der Waals surface area contributed by atoms with E-state index in [-0.39, 0.29) is 19.8 Å². The van der Waals surface area contributed by atoms with Crippen LogP contribution in [0, 0.1) is 0 Å². The summed E-state index contributed by atoms with van der Waals surface area (Å²) in [4.78, 5) is 24.4. The molecule has 0 radical (unpaired) electrons. The van der Waals surface area contributed by atoms with E-state index in [0.717, 1.165) is 11.1 Å². The number of hydrogen-bond acceptors (Lipinski definition) is 5. The smallest absolute Gasteiger partial charge is 0.408 e. The third kappa shape index (κ3) is 7.92. The van der Waals surface area contributed by atoms with Gasteiger partial charge < -0.3 is 19.9 Å². The lowest BCUT2D eigenvalue weighted by molar-refractivity contribution is -0.147. The first kappa shape index (κ1) is 20.5. The highest BCUT2D eigenvalue weighted by molar-refractivity contribution is 5.81. The summed E-state index contributed by atoms with van der Waals surface area (Å²) in [6, 6.07) is 17.8. The van der Waals surface area contributed by atoms with Gasteiger partial charge >= 0.3 is 12.1 Å². The molecule has 2 N–H and O–H groups in total. The van der Waals surface area contributed by atoms with Crippen molar-refractivity contribution in [1.82, 2.24) is 5.32 Å². The molecule has 0 spiro atoms. The maximum Gasteiger partial charge on any atom is 0.408 e. The normalized spacial score (nSPS) is 11.4. The molecular weight excluding hydrogens is 346 g/mol. The summed E-state index contributed by atoms with van der Waals surface area (Å²) in [7, 11) is 0. The summed E-state index contributed by atoms with van der Waals surface area (Å²) < 4.78 is 10.5. The van der Waals surface area contributed by atoms with Gasteiger partial charge in [0.2, 0.25) is 0 Å².